The fourth-order valence-corrected chi connectivity index (χ4v) is 2.58. The molecular formula is C10H18BrNO3. The molecule has 0 aromatic heterocycles. The number of carbonyl (C=O) groups excluding carboxylic acids is 1. The van der Waals surface area contributed by atoms with Gasteiger partial charge in [0.2, 0.25) is 0 Å². The van der Waals surface area contributed by atoms with E-state index in [2.05, 4.69) is 32.5 Å². The van der Waals surface area contributed by atoms with Gasteiger partial charge in [0.25, 0.3) is 0 Å². The first-order chi connectivity index (χ1) is 7.10. The summed E-state index contributed by atoms with van der Waals surface area (Å²) in [7, 11) is 1.38. The van der Waals surface area contributed by atoms with Crippen LogP contribution in [-0.2, 0) is 9.53 Å². The van der Waals surface area contributed by atoms with Crippen molar-refractivity contribution in [3.63, 3.8) is 0 Å². The molecule has 88 valence electrons. The summed E-state index contributed by atoms with van der Waals surface area (Å²) in [6.07, 6.45) is 1.08. The van der Waals surface area contributed by atoms with E-state index in [9.17, 15) is 9.90 Å². The predicted octanol–water partition coefficient (Wildman–Crippen LogP) is 0.626. The molecule has 5 heteroatoms. The van der Waals surface area contributed by atoms with E-state index in [0.717, 1.165) is 13.0 Å². The molecule has 15 heavy (non-hydrogen) atoms. The van der Waals surface area contributed by atoms with E-state index in [1.54, 1.807) is 0 Å². The molecule has 1 fully saturated rings. The number of hydrogen-bond acceptors (Lipinski definition) is 4. The third-order valence-electron chi connectivity index (χ3n) is 3.04. The standard InChI is InChI=1S/C10H18BrNO3/c1-7-3-4-12(9(7)6-13)5-8(11)10(14)15-2/h7-9,13H,3-6H2,1-2H3. The number of alkyl halides is 1. The molecule has 1 heterocycles. The van der Waals surface area contributed by atoms with Gasteiger partial charge in [-0.05, 0) is 18.9 Å². The Morgan fingerprint density at radius 2 is 2.40 bits per heavy atom. The Morgan fingerprint density at radius 3 is 2.93 bits per heavy atom. The summed E-state index contributed by atoms with van der Waals surface area (Å²) in [5, 5.41) is 9.24. The van der Waals surface area contributed by atoms with Gasteiger partial charge in [-0.1, -0.05) is 22.9 Å². The lowest BCUT2D eigenvalue weighted by Gasteiger charge is -2.26. The monoisotopic (exact) mass is 279 g/mol. The summed E-state index contributed by atoms with van der Waals surface area (Å²) >= 11 is 3.29. The van der Waals surface area contributed by atoms with E-state index in [1.165, 1.54) is 7.11 Å². The molecule has 1 N–H and O–H groups in total. The van der Waals surface area contributed by atoms with Gasteiger partial charge in [-0.3, -0.25) is 9.69 Å². The molecule has 0 bridgehead atoms. The number of nitrogens with zero attached hydrogens (tertiary/aromatic N) is 1. The van der Waals surface area contributed by atoms with Gasteiger partial charge in [0.05, 0.1) is 13.7 Å². The van der Waals surface area contributed by atoms with E-state index in [0.29, 0.717) is 12.5 Å². The van der Waals surface area contributed by atoms with Crippen molar-refractivity contribution in [2.24, 2.45) is 5.92 Å². The highest BCUT2D eigenvalue weighted by molar-refractivity contribution is 9.10. The highest BCUT2D eigenvalue weighted by Gasteiger charge is 2.32. The topological polar surface area (TPSA) is 49.8 Å². The molecule has 1 saturated heterocycles. The lowest BCUT2D eigenvalue weighted by atomic mass is 10.0. The number of carbonyl (C=O) groups is 1. The van der Waals surface area contributed by atoms with Crippen molar-refractivity contribution in [1.82, 2.24) is 4.90 Å². The quantitative estimate of drug-likeness (QED) is 0.606. The summed E-state index contributed by atoms with van der Waals surface area (Å²) in [5.74, 6) is 0.235. The second-order valence-electron chi connectivity index (χ2n) is 4.00. The van der Waals surface area contributed by atoms with Crippen LogP contribution in [0.5, 0.6) is 0 Å². The molecule has 0 spiro atoms. The van der Waals surface area contributed by atoms with Crippen LogP contribution in [0.4, 0.5) is 0 Å². The minimum Gasteiger partial charge on any atom is -0.468 e. The van der Waals surface area contributed by atoms with Crippen LogP contribution in [0, 0.1) is 5.92 Å². The average Bonchev–Trinajstić information content (AvgIpc) is 2.57. The highest BCUT2D eigenvalue weighted by atomic mass is 79.9. The zero-order valence-electron chi connectivity index (χ0n) is 9.15. The van der Waals surface area contributed by atoms with Gasteiger partial charge < -0.3 is 9.84 Å². The summed E-state index contributed by atoms with van der Waals surface area (Å²) in [5.41, 5.74) is 0. The molecule has 1 rings (SSSR count). The first kappa shape index (κ1) is 12.9. The van der Waals surface area contributed by atoms with E-state index in [-0.39, 0.29) is 23.4 Å². The summed E-state index contributed by atoms with van der Waals surface area (Å²) in [6, 6.07) is 0.176. The van der Waals surface area contributed by atoms with Gasteiger partial charge in [-0.25, -0.2) is 0 Å². The fraction of sp³-hybridized carbons (Fsp3) is 0.900. The number of methoxy groups -OCH3 is 1. The molecule has 0 aromatic rings. The van der Waals surface area contributed by atoms with Crippen LogP contribution in [0.1, 0.15) is 13.3 Å². The molecule has 3 atom stereocenters. The zero-order valence-corrected chi connectivity index (χ0v) is 10.7. The minimum atomic E-state index is -0.304. The van der Waals surface area contributed by atoms with Gasteiger partial charge in [0.1, 0.15) is 4.83 Å². The van der Waals surface area contributed by atoms with Crippen LogP contribution >= 0.6 is 15.9 Å². The number of aliphatic hydroxyl groups excluding tert-OH is 1. The third kappa shape index (κ3) is 3.16. The molecule has 3 unspecified atom stereocenters. The van der Waals surface area contributed by atoms with Crippen LogP contribution in [0.15, 0.2) is 0 Å². The van der Waals surface area contributed by atoms with E-state index < -0.39 is 0 Å². The molecule has 0 amide bonds. The lowest BCUT2D eigenvalue weighted by Crippen LogP contribution is -2.40. The molecule has 0 radical (unpaired) electrons. The van der Waals surface area contributed by atoms with E-state index in [4.69, 9.17) is 0 Å². The largest absolute Gasteiger partial charge is 0.468 e. The smallest absolute Gasteiger partial charge is 0.320 e. The van der Waals surface area contributed by atoms with Crippen molar-refractivity contribution in [3.8, 4) is 0 Å². The fourth-order valence-electron chi connectivity index (χ4n) is 2.02. The van der Waals surface area contributed by atoms with Crippen molar-refractivity contribution in [1.29, 1.82) is 0 Å². The number of esters is 1. The maximum Gasteiger partial charge on any atom is 0.320 e. The highest BCUT2D eigenvalue weighted by Crippen LogP contribution is 2.24. The van der Waals surface area contributed by atoms with Gasteiger partial charge in [-0.15, -0.1) is 0 Å². The maximum absolute atomic E-state index is 11.2. The van der Waals surface area contributed by atoms with Crippen molar-refractivity contribution in [3.05, 3.63) is 0 Å². The number of hydrogen-bond donors (Lipinski definition) is 1. The van der Waals surface area contributed by atoms with Crippen molar-refractivity contribution in [2.45, 2.75) is 24.2 Å². The molecular weight excluding hydrogens is 262 g/mol. The predicted molar refractivity (Wildman–Crippen MR) is 61.0 cm³/mol. The van der Waals surface area contributed by atoms with Crippen molar-refractivity contribution >= 4 is 21.9 Å². The van der Waals surface area contributed by atoms with Crippen LogP contribution in [-0.4, -0.2) is 53.7 Å². The second kappa shape index (κ2) is 5.82. The second-order valence-corrected chi connectivity index (χ2v) is 5.11. The molecule has 0 saturated carbocycles. The summed E-state index contributed by atoms with van der Waals surface area (Å²) in [4.78, 5) is 13.1. The molecule has 0 aliphatic carbocycles. The van der Waals surface area contributed by atoms with Crippen LogP contribution in [0.2, 0.25) is 0 Å². The third-order valence-corrected chi connectivity index (χ3v) is 3.70. The Morgan fingerprint density at radius 1 is 1.73 bits per heavy atom. The van der Waals surface area contributed by atoms with Crippen LogP contribution < -0.4 is 0 Å². The number of aliphatic hydroxyl groups is 1. The molecule has 1 aliphatic heterocycles. The normalized spacial score (nSPS) is 29.1. The Kier molecular flexibility index (Phi) is 5.02. The lowest BCUT2D eigenvalue weighted by molar-refractivity contribution is -0.140. The van der Waals surface area contributed by atoms with Gasteiger partial charge in [0, 0.05) is 12.6 Å². The van der Waals surface area contributed by atoms with Crippen molar-refractivity contribution < 1.29 is 14.6 Å². The van der Waals surface area contributed by atoms with E-state index in [1.807, 2.05) is 0 Å². The molecule has 4 nitrogen and oxygen atoms in total. The SMILES string of the molecule is COC(=O)C(Br)CN1CCC(C)C1CO. The zero-order chi connectivity index (χ0) is 11.4. The van der Waals surface area contributed by atoms with E-state index >= 15 is 0 Å². The minimum absolute atomic E-state index is 0.155. The Hall–Kier alpha value is -0.130. The van der Waals surface area contributed by atoms with Crippen LogP contribution in [0.25, 0.3) is 0 Å². The van der Waals surface area contributed by atoms with Gasteiger partial charge in [-0.2, -0.15) is 0 Å². The number of likely N-dealkylation sites (tertiary alicyclic amines) is 1. The van der Waals surface area contributed by atoms with Gasteiger partial charge in [0.15, 0.2) is 0 Å². The summed E-state index contributed by atoms with van der Waals surface area (Å²) < 4.78 is 4.64. The molecule has 1 aliphatic rings. The Bertz CT molecular complexity index is 225. The first-order valence-electron chi connectivity index (χ1n) is 5.17. The molecule has 0 aromatic carbocycles. The Balaban J connectivity index is 2.47. The van der Waals surface area contributed by atoms with Crippen molar-refractivity contribution in [2.75, 3.05) is 26.8 Å². The number of rotatable bonds is 4. The number of ether oxygens (including phenoxy) is 1. The summed E-state index contributed by atoms with van der Waals surface area (Å²) in [6.45, 7) is 3.82. The Labute approximate surface area is 98.7 Å². The van der Waals surface area contributed by atoms with Gasteiger partial charge >= 0.3 is 5.97 Å². The number of halogens is 1. The first-order valence-corrected chi connectivity index (χ1v) is 6.08. The maximum atomic E-state index is 11.2. The van der Waals surface area contributed by atoms with Crippen LogP contribution in [0.3, 0.4) is 0 Å². The average molecular weight is 280 g/mol.